The standard InChI is InChI=1S/C19H16N2Se/c1-13-6-2-3-7-15(13)20-14-10-11-17-19(12-14)22-18-9-5-4-8-16(18)21-17/h2-12,20-21H,1H3. The van der Waals surface area contributed by atoms with Crippen LogP contribution in [0.1, 0.15) is 5.56 Å². The van der Waals surface area contributed by atoms with E-state index in [0.717, 1.165) is 5.69 Å². The summed E-state index contributed by atoms with van der Waals surface area (Å²) in [5, 5.41) is 7.06. The first-order valence-corrected chi connectivity index (χ1v) is 9.01. The number of fused-ring (bicyclic) bond motifs is 2. The van der Waals surface area contributed by atoms with Crippen LogP contribution in [0.2, 0.25) is 0 Å². The number of nitrogens with one attached hydrogen (secondary N) is 2. The van der Waals surface area contributed by atoms with Gasteiger partial charge in [0.1, 0.15) is 0 Å². The summed E-state index contributed by atoms with van der Waals surface area (Å²) in [6, 6.07) is 23.5. The molecule has 22 heavy (non-hydrogen) atoms. The molecule has 0 unspecified atom stereocenters. The molecule has 0 amide bonds. The van der Waals surface area contributed by atoms with Crippen LogP contribution in [-0.2, 0) is 0 Å². The van der Waals surface area contributed by atoms with E-state index in [9.17, 15) is 0 Å². The van der Waals surface area contributed by atoms with Crippen LogP contribution in [-0.4, -0.2) is 15.0 Å². The van der Waals surface area contributed by atoms with Gasteiger partial charge in [0.2, 0.25) is 0 Å². The molecule has 0 saturated heterocycles. The van der Waals surface area contributed by atoms with Crippen molar-refractivity contribution >= 4 is 46.6 Å². The Morgan fingerprint density at radius 2 is 1.59 bits per heavy atom. The van der Waals surface area contributed by atoms with E-state index in [0.29, 0.717) is 15.0 Å². The summed E-state index contributed by atoms with van der Waals surface area (Å²) in [6.45, 7) is 2.13. The average molecular weight is 351 g/mol. The summed E-state index contributed by atoms with van der Waals surface area (Å²) in [7, 11) is 0. The molecule has 0 spiro atoms. The Kier molecular flexibility index (Phi) is 3.38. The van der Waals surface area contributed by atoms with Crippen molar-refractivity contribution in [1.82, 2.24) is 0 Å². The van der Waals surface area contributed by atoms with Crippen LogP contribution in [0, 0.1) is 6.92 Å². The van der Waals surface area contributed by atoms with Crippen molar-refractivity contribution in [1.29, 1.82) is 0 Å². The molecular formula is C19H16N2Se. The number of anilines is 4. The van der Waals surface area contributed by atoms with Crippen molar-refractivity contribution in [2.24, 2.45) is 0 Å². The number of aryl methyl sites for hydroxylation is 1. The molecule has 0 atom stereocenters. The van der Waals surface area contributed by atoms with Gasteiger partial charge < -0.3 is 0 Å². The van der Waals surface area contributed by atoms with E-state index in [1.807, 2.05) is 0 Å². The van der Waals surface area contributed by atoms with E-state index < -0.39 is 0 Å². The van der Waals surface area contributed by atoms with Crippen molar-refractivity contribution in [2.75, 3.05) is 10.6 Å². The van der Waals surface area contributed by atoms with Gasteiger partial charge in [-0.1, -0.05) is 0 Å². The van der Waals surface area contributed by atoms with Crippen molar-refractivity contribution in [3.05, 3.63) is 72.3 Å². The molecule has 108 valence electrons. The maximum absolute atomic E-state index is 3.53. The van der Waals surface area contributed by atoms with E-state index in [1.54, 1.807) is 0 Å². The molecule has 0 fully saturated rings. The molecule has 2 nitrogen and oxygen atoms in total. The summed E-state index contributed by atoms with van der Waals surface area (Å²) in [4.78, 5) is 0. The molecule has 2 N–H and O–H groups in total. The van der Waals surface area contributed by atoms with Gasteiger partial charge in [0.05, 0.1) is 0 Å². The van der Waals surface area contributed by atoms with Gasteiger partial charge in [-0.25, -0.2) is 0 Å². The minimum absolute atomic E-state index is 0.348. The maximum atomic E-state index is 3.53. The van der Waals surface area contributed by atoms with Crippen molar-refractivity contribution in [3.8, 4) is 0 Å². The SMILES string of the molecule is Cc1ccccc1Nc1ccc2c(c1)[Se]c1ccccc1N2. The summed E-state index contributed by atoms with van der Waals surface area (Å²) < 4.78 is 2.81. The first kappa shape index (κ1) is 13.4. The molecule has 1 aliphatic heterocycles. The van der Waals surface area contributed by atoms with Crippen molar-refractivity contribution < 1.29 is 0 Å². The fraction of sp³-hybridized carbons (Fsp3) is 0.0526. The van der Waals surface area contributed by atoms with Crippen LogP contribution >= 0.6 is 0 Å². The Bertz CT molecular complexity index is 842. The predicted octanol–water partition coefficient (Wildman–Crippen LogP) is 3.45. The zero-order chi connectivity index (χ0) is 14.9. The Labute approximate surface area is 136 Å². The molecule has 1 heterocycles. The third-order valence-electron chi connectivity index (χ3n) is 3.78. The van der Waals surface area contributed by atoms with E-state index in [2.05, 4.69) is 84.3 Å². The van der Waals surface area contributed by atoms with E-state index in [-0.39, 0.29) is 0 Å². The third kappa shape index (κ3) is 2.50. The van der Waals surface area contributed by atoms with Gasteiger partial charge in [0.25, 0.3) is 0 Å². The molecular weight excluding hydrogens is 335 g/mol. The third-order valence-corrected chi connectivity index (χ3v) is 6.16. The molecule has 0 bridgehead atoms. The molecule has 1 aliphatic rings. The van der Waals surface area contributed by atoms with Crippen LogP contribution in [0.15, 0.2) is 66.7 Å². The van der Waals surface area contributed by atoms with Crippen molar-refractivity contribution in [3.63, 3.8) is 0 Å². The van der Waals surface area contributed by atoms with Crippen LogP contribution < -0.4 is 19.6 Å². The minimum atomic E-state index is 0.348. The van der Waals surface area contributed by atoms with E-state index >= 15 is 0 Å². The fourth-order valence-corrected chi connectivity index (χ4v) is 4.73. The Balaban J connectivity index is 1.65. The van der Waals surface area contributed by atoms with Gasteiger partial charge in [0.15, 0.2) is 0 Å². The Morgan fingerprint density at radius 3 is 2.50 bits per heavy atom. The van der Waals surface area contributed by atoms with Crippen LogP contribution in [0.5, 0.6) is 0 Å². The first-order chi connectivity index (χ1) is 10.8. The van der Waals surface area contributed by atoms with Crippen molar-refractivity contribution in [2.45, 2.75) is 6.92 Å². The molecule has 4 rings (SSSR count). The number of hydrogen-bond acceptors (Lipinski definition) is 2. The van der Waals surface area contributed by atoms with Gasteiger partial charge in [-0.2, -0.15) is 0 Å². The van der Waals surface area contributed by atoms with E-state index in [4.69, 9.17) is 0 Å². The number of benzene rings is 3. The molecule has 3 aromatic carbocycles. The summed E-state index contributed by atoms with van der Waals surface area (Å²) in [6.07, 6.45) is 0. The summed E-state index contributed by atoms with van der Waals surface area (Å²) >= 11 is 0.348. The first-order valence-electron chi connectivity index (χ1n) is 7.30. The van der Waals surface area contributed by atoms with Gasteiger partial charge >= 0.3 is 136 Å². The number of para-hydroxylation sites is 2. The molecule has 3 aromatic rings. The topological polar surface area (TPSA) is 24.1 Å². The zero-order valence-corrected chi connectivity index (χ0v) is 14.0. The number of rotatable bonds is 2. The van der Waals surface area contributed by atoms with Gasteiger partial charge in [-0.05, 0) is 0 Å². The zero-order valence-electron chi connectivity index (χ0n) is 12.3. The van der Waals surface area contributed by atoms with Gasteiger partial charge in [-0.3, -0.25) is 0 Å². The fourth-order valence-electron chi connectivity index (χ4n) is 2.58. The van der Waals surface area contributed by atoms with Crippen LogP contribution in [0.4, 0.5) is 22.7 Å². The van der Waals surface area contributed by atoms with Gasteiger partial charge in [0, 0.05) is 0 Å². The Hall–Kier alpha value is -2.22. The second-order valence-electron chi connectivity index (χ2n) is 5.37. The second-order valence-corrected chi connectivity index (χ2v) is 7.65. The molecule has 3 heteroatoms. The van der Waals surface area contributed by atoms with Gasteiger partial charge in [-0.15, -0.1) is 0 Å². The van der Waals surface area contributed by atoms with Crippen LogP contribution in [0.3, 0.4) is 0 Å². The Morgan fingerprint density at radius 1 is 0.818 bits per heavy atom. The molecule has 0 radical (unpaired) electrons. The molecule has 0 aliphatic carbocycles. The quantitative estimate of drug-likeness (QED) is 0.541. The second kappa shape index (κ2) is 5.52. The normalized spacial score (nSPS) is 12.0. The average Bonchev–Trinajstić information content (AvgIpc) is 2.55. The number of hydrogen-bond donors (Lipinski definition) is 2. The van der Waals surface area contributed by atoms with E-state index in [1.165, 1.54) is 31.5 Å². The monoisotopic (exact) mass is 352 g/mol. The summed E-state index contributed by atoms with van der Waals surface area (Å²) in [5.74, 6) is 0. The van der Waals surface area contributed by atoms with Crippen LogP contribution in [0.25, 0.3) is 0 Å². The predicted molar refractivity (Wildman–Crippen MR) is 95.7 cm³/mol. The molecule has 0 saturated carbocycles. The summed E-state index contributed by atoms with van der Waals surface area (Å²) in [5.41, 5.74) is 6.05. The molecule has 0 aromatic heterocycles.